The van der Waals surface area contributed by atoms with Gasteiger partial charge in [-0.1, -0.05) is 11.6 Å². The molecule has 6 nitrogen and oxygen atoms in total. The van der Waals surface area contributed by atoms with Gasteiger partial charge < -0.3 is 19.9 Å². The molecule has 0 aliphatic carbocycles. The second-order valence-corrected chi connectivity index (χ2v) is 4.84. The van der Waals surface area contributed by atoms with Crippen LogP contribution in [0.3, 0.4) is 0 Å². The highest BCUT2D eigenvalue weighted by molar-refractivity contribution is 6.29. The van der Waals surface area contributed by atoms with Crippen molar-refractivity contribution in [2.45, 2.75) is 25.5 Å². The van der Waals surface area contributed by atoms with Crippen LogP contribution in [0.2, 0.25) is 5.15 Å². The van der Waals surface area contributed by atoms with Crippen molar-refractivity contribution in [3.63, 3.8) is 0 Å². The van der Waals surface area contributed by atoms with Gasteiger partial charge in [0, 0.05) is 12.8 Å². The average molecular weight is 301 g/mol. The molecule has 0 radical (unpaired) electrons. The highest BCUT2D eigenvalue weighted by atomic mass is 35.5. The van der Waals surface area contributed by atoms with Crippen LogP contribution >= 0.6 is 11.6 Å². The number of carbonyl (C=O) groups is 1. The lowest BCUT2D eigenvalue weighted by molar-refractivity contribution is 0.00307. The molecule has 2 unspecified atom stereocenters. The predicted octanol–water partition coefficient (Wildman–Crippen LogP) is 1.47. The Morgan fingerprint density at radius 3 is 3.20 bits per heavy atom. The van der Waals surface area contributed by atoms with E-state index in [9.17, 15) is 9.90 Å². The predicted molar refractivity (Wildman–Crippen MR) is 74.1 cm³/mol. The molecule has 20 heavy (non-hydrogen) atoms. The monoisotopic (exact) mass is 300 g/mol. The van der Waals surface area contributed by atoms with E-state index in [4.69, 9.17) is 21.1 Å². The van der Waals surface area contributed by atoms with Crippen molar-refractivity contribution < 1.29 is 19.4 Å². The number of halogens is 1. The third-order valence-corrected chi connectivity index (χ3v) is 3.23. The molecular formula is C13H17ClN2O4. The summed E-state index contributed by atoms with van der Waals surface area (Å²) < 4.78 is 10.3. The van der Waals surface area contributed by atoms with Crippen LogP contribution in [0.15, 0.2) is 12.3 Å². The number of aliphatic hydroxyl groups is 1. The first kappa shape index (κ1) is 15.0. The van der Waals surface area contributed by atoms with E-state index in [1.807, 2.05) is 0 Å². The van der Waals surface area contributed by atoms with Crippen LogP contribution in [0.4, 0.5) is 5.69 Å². The zero-order chi connectivity index (χ0) is 14.5. The van der Waals surface area contributed by atoms with Gasteiger partial charge in [-0.25, -0.2) is 9.78 Å². The summed E-state index contributed by atoms with van der Waals surface area (Å²) in [5, 5.41) is 13.3. The number of nitrogens with one attached hydrogen (secondary N) is 1. The number of hydrogen-bond acceptors (Lipinski definition) is 6. The van der Waals surface area contributed by atoms with Crippen molar-refractivity contribution >= 4 is 23.3 Å². The van der Waals surface area contributed by atoms with Gasteiger partial charge in [-0.05, 0) is 19.4 Å². The van der Waals surface area contributed by atoms with Crippen LogP contribution in [0.5, 0.6) is 0 Å². The van der Waals surface area contributed by atoms with Gasteiger partial charge in [0.2, 0.25) is 0 Å². The van der Waals surface area contributed by atoms with Crippen molar-refractivity contribution in [2.75, 3.05) is 25.1 Å². The van der Waals surface area contributed by atoms with Crippen LogP contribution in [0, 0.1) is 0 Å². The maximum Gasteiger partial charge on any atom is 0.341 e. The molecule has 110 valence electrons. The number of esters is 1. The summed E-state index contributed by atoms with van der Waals surface area (Å²) in [4.78, 5) is 15.7. The van der Waals surface area contributed by atoms with Gasteiger partial charge in [0.15, 0.2) is 0 Å². The summed E-state index contributed by atoms with van der Waals surface area (Å²) in [6.45, 7) is 2.90. The Labute approximate surface area is 122 Å². The van der Waals surface area contributed by atoms with Gasteiger partial charge in [-0.2, -0.15) is 0 Å². The van der Waals surface area contributed by atoms with Crippen LogP contribution in [0.1, 0.15) is 23.7 Å². The molecule has 0 aromatic carbocycles. The topological polar surface area (TPSA) is 80.7 Å². The third-order valence-electron chi connectivity index (χ3n) is 3.03. The van der Waals surface area contributed by atoms with Gasteiger partial charge in [0.1, 0.15) is 10.7 Å². The van der Waals surface area contributed by atoms with E-state index < -0.39 is 12.1 Å². The summed E-state index contributed by atoms with van der Waals surface area (Å²) in [6.07, 6.45) is 1.37. The van der Waals surface area contributed by atoms with Crippen molar-refractivity contribution in [2.24, 2.45) is 0 Å². The molecule has 2 atom stereocenters. The fourth-order valence-electron chi connectivity index (χ4n) is 1.99. The van der Waals surface area contributed by atoms with E-state index in [0.717, 1.165) is 0 Å². The summed E-state index contributed by atoms with van der Waals surface area (Å²) in [5.41, 5.74) is 0.770. The smallest absolute Gasteiger partial charge is 0.341 e. The molecule has 7 heteroatoms. The minimum atomic E-state index is -0.536. The highest BCUT2D eigenvalue weighted by Crippen LogP contribution is 2.22. The maximum absolute atomic E-state index is 11.9. The molecule has 1 fully saturated rings. The molecule has 2 rings (SSSR count). The number of rotatable bonds is 4. The molecule has 1 aromatic heterocycles. The molecule has 0 saturated carbocycles. The Balaban J connectivity index is 2.20. The summed E-state index contributed by atoms with van der Waals surface area (Å²) in [7, 11) is 0. The lowest BCUT2D eigenvalue weighted by atomic mass is 10.1. The third kappa shape index (κ3) is 3.59. The van der Waals surface area contributed by atoms with Gasteiger partial charge >= 0.3 is 5.97 Å². The van der Waals surface area contributed by atoms with Crippen molar-refractivity contribution in [1.82, 2.24) is 4.98 Å². The normalized spacial score (nSPS) is 22.4. The number of carbonyl (C=O) groups excluding carboxylic acids is 1. The molecule has 0 amide bonds. The molecule has 0 spiro atoms. The first-order valence-corrected chi connectivity index (χ1v) is 6.84. The minimum Gasteiger partial charge on any atom is -0.462 e. The second-order valence-electron chi connectivity index (χ2n) is 4.45. The van der Waals surface area contributed by atoms with Gasteiger partial charge in [-0.3, -0.25) is 0 Å². The first-order chi connectivity index (χ1) is 9.61. The Kier molecular flexibility index (Phi) is 5.17. The summed E-state index contributed by atoms with van der Waals surface area (Å²) >= 11 is 5.86. The summed E-state index contributed by atoms with van der Waals surface area (Å²) in [5.74, 6) is -0.481. The van der Waals surface area contributed by atoms with Crippen LogP contribution < -0.4 is 5.32 Å². The van der Waals surface area contributed by atoms with E-state index in [1.165, 1.54) is 12.3 Å². The second kappa shape index (κ2) is 6.88. The van der Waals surface area contributed by atoms with Gasteiger partial charge in [0.25, 0.3) is 0 Å². The average Bonchev–Trinajstić information content (AvgIpc) is 2.42. The molecule has 2 heterocycles. The summed E-state index contributed by atoms with van der Waals surface area (Å²) in [6, 6.07) is 1.24. The van der Waals surface area contributed by atoms with Gasteiger partial charge in [-0.15, -0.1) is 0 Å². The number of aromatic nitrogens is 1. The number of anilines is 1. The first-order valence-electron chi connectivity index (χ1n) is 6.46. The zero-order valence-electron chi connectivity index (χ0n) is 11.1. The molecule has 1 aliphatic heterocycles. The van der Waals surface area contributed by atoms with E-state index in [2.05, 4.69) is 10.3 Å². The zero-order valence-corrected chi connectivity index (χ0v) is 11.9. The Bertz CT molecular complexity index is 483. The van der Waals surface area contributed by atoms with E-state index >= 15 is 0 Å². The Hall–Kier alpha value is -1.37. The Morgan fingerprint density at radius 1 is 1.70 bits per heavy atom. The van der Waals surface area contributed by atoms with Gasteiger partial charge in [0.05, 0.1) is 31.0 Å². The van der Waals surface area contributed by atoms with Crippen LogP contribution in [-0.2, 0) is 9.47 Å². The number of nitrogens with zero attached hydrogens (tertiary/aromatic N) is 1. The van der Waals surface area contributed by atoms with Crippen molar-refractivity contribution in [1.29, 1.82) is 0 Å². The van der Waals surface area contributed by atoms with E-state index in [1.54, 1.807) is 6.92 Å². The SMILES string of the molecule is CCOC(=O)c1cnc(Cl)cc1NC1COCCC1O. The quantitative estimate of drug-likeness (QED) is 0.647. The molecule has 0 bridgehead atoms. The van der Waals surface area contributed by atoms with Crippen LogP contribution in [0.25, 0.3) is 0 Å². The van der Waals surface area contributed by atoms with E-state index in [-0.39, 0.29) is 23.4 Å². The number of ether oxygens (including phenoxy) is 2. The van der Waals surface area contributed by atoms with E-state index in [0.29, 0.717) is 25.3 Å². The Morgan fingerprint density at radius 2 is 2.50 bits per heavy atom. The standard InChI is InChI=1S/C13H17ClN2O4/c1-2-20-13(18)8-6-15-12(14)5-9(8)16-10-7-19-4-3-11(10)17/h5-6,10-11,17H,2-4,7H2,1H3,(H,15,16). The lowest BCUT2D eigenvalue weighted by Gasteiger charge is -2.29. The molecule has 2 N–H and O–H groups in total. The highest BCUT2D eigenvalue weighted by Gasteiger charge is 2.25. The fourth-order valence-corrected chi connectivity index (χ4v) is 2.14. The van der Waals surface area contributed by atoms with Crippen LogP contribution in [-0.4, -0.2) is 48.0 Å². The molecule has 1 aromatic rings. The minimum absolute atomic E-state index is 0.256. The maximum atomic E-state index is 11.9. The largest absolute Gasteiger partial charge is 0.462 e. The fraction of sp³-hybridized carbons (Fsp3) is 0.538. The van der Waals surface area contributed by atoms with Crippen molar-refractivity contribution in [3.8, 4) is 0 Å². The number of aliphatic hydroxyl groups excluding tert-OH is 1. The molecular weight excluding hydrogens is 284 g/mol. The molecule has 1 aliphatic rings. The van der Waals surface area contributed by atoms with Crippen molar-refractivity contribution in [3.05, 3.63) is 23.0 Å². The number of hydrogen-bond donors (Lipinski definition) is 2. The molecule has 1 saturated heterocycles. The number of pyridine rings is 1. The lowest BCUT2D eigenvalue weighted by Crippen LogP contribution is -2.42.